The molecular weight excluding hydrogens is 357 g/mol. The van der Waals surface area contributed by atoms with E-state index < -0.39 is 11.9 Å². The van der Waals surface area contributed by atoms with Crippen molar-refractivity contribution in [1.82, 2.24) is 14.7 Å². The fourth-order valence-electron chi connectivity index (χ4n) is 4.02. The number of rotatable bonds is 6. The Morgan fingerprint density at radius 3 is 2.54 bits per heavy atom. The molecule has 5 nitrogen and oxygen atoms in total. The Balaban J connectivity index is 1.54. The molecule has 0 unspecified atom stereocenters. The second kappa shape index (κ2) is 7.94. The van der Waals surface area contributed by atoms with E-state index in [9.17, 15) is 14.3 Å². The van der Waals surface area contributed by atoms with Gasteiger partial charge in [-0.3, -0.25) is 14.4 Å². The molecule has 4 rings (SSSR count). The van der Waals surface area contributed by atoms with Crippen molar-refractivity contribution >= 4 is 5.97 Å². The number of likely N-dealkylation sites (tertiary alicyclic amines) is 1. The zero-order valence-electron chi connectivity index (χ0n) is 15.4. The molecule has 0 radical (unpaired) electrons. The molecule has 6 heteroatoms. The van der Waals surface area contributed by atoms with Gasteiger partial charge in [0.25, 0.3) is 0 Å². The normalized spacial score (nSPS) is 19.8. The molecule has 0 spiro atoms. The van der Waals surface area contributed by atoms with Gasteiger partial charge in [0.05, 0.1) is 12.5 Å². The van der Waals surface area contributed by atoms with Gasteiger partial charge in [-0.2, -0.15) is 5.10 Å². The van der Waals surface area contributed by atoms with Crippen LogP contribution in [0.4, 0.5) is 4.39 Å². The summed E-state index contributed by atoms with van der Waals surface area (Å²) in [6.45, 7) is 2.38. The number of hydrogen-bond acceptors (Lipinski definition) is 3. The Morgan fingerprint density at radius 2 is 1.86 bits per heavy atom. The molecule has 0 amide bonds. The standard InChI is InChI=1S/C22H22FN3O2/c23-19-8-3-7-16(11-19)20-14-25(15-21(20)22(27)28)12-17-5-1-2-6-18(17)13-26-10-4-9-24-26/h1-11,20-21H,12-15H2,(H,27,28)/t20-,21+/m0/s1. The van der Waals surface area contributed by atoms with Crippen molar-refractivity contribution in [2.45, 2.75) is 19.0 Å². The molecule has 144 valence electrons. The predicted octanol–water partition coefficient (Wildman–Crippen LogP) is 3.37. The number of benzene rings is 2. The van der Waals surface area contributed by atoms with Gasteiger partial charge >= 0.3 is 5.97 Å². The van der Waals surface area contributed by atoms with Gasteiger partial charge < -0.3 is 5.11 Å². The third kappa shape index (κ3) is 3.97. The molecule has 1 aliphatic heterocycles. The number of halogens is 1. The van der Waals surface area contributed by atoms with E-state index in [0.29, 0.717) is 26.2 Å². The number of nitrogens with zero attached hydrogens (tertiary/aromatic N) is 3. The Labute approximate surface area is 163 Å². The highest BCUT2D eigenvalue weighted by Gasteiger charge is 2.38. The molecule has 0 aliphatic carbocycles. The van der Waals surface area contributed by atoms with Crippen LogP contribution in [0.3, 0.4) is 0 Å². The summed E-state index contributed by atoms with van der Waals surface area (Å²) in [5, 5.41) is 14.0. The summed E-state index contributed by atoms with van der Waals surface area (Å²) in [6.07, 6.45) is 3.68. The number of aromatic nitrogens is 2. The molecular formula is C22H22FN3O2. The topological polar surface area (TPSA) is 58.4 Å². The second-order valence-corrected chi connectivity index (χ2v) is 7.27. The third-order valence-corrected chi connectivity index (χ3v) is 5.39. The monoisotopic (exact) mass is 379 g/mol. The van der Waals surface area contributed by atoms with Crippen LogP contribution in [0.15, 0.2) is 67.0 Å². The van der Waals surface area contributed by atoms with E-state index in [4.69, 9.17) is 0 Å². The largest absolute Gasteiger partial charge is 0.481 e. The molecule has 2 atom stereocenters. The van der Waals surface area contributed by atoms with Crippen molar-refractivity contribution in [3.63, 3.8) is 0 Å². The first-order chi connectivity index (χ1) is 13.6. The summed E-state index contributed by atoms with van der Waals surface area (Å²) in [7, 11) is 0. The smallest absolute Gasteiger partial charge is 0.308 e. The Bertz CT molecular complexity index is 958. The molecule has 2 aromatic carbocycles. The highest BCUT2D eigenvalue weighted by Crippen LogP contribution is 2.34. The van der Waals surface area contributed by atoms with Crippen LogP contribution in [0, 0.1) is 11.7 Å². The van der Waals surface area contributed by atoms with Crippen molar-refractivity contribution in [2.75, 3.05) is 13.1 Å². The van der Waals surface area contributed by atoms with Gasteiger partial charge in [0.1, 0.15) is 5.82 Å². The molecule has 1 N–H and O–H groups in total. The molecule has 1 saturated heterocycles. The van der Waals surface area contributed by atoms with Crippen molar-refractivity contribution in [3.05, 3.63) is 89.5 Å². The SMILES string of the molecule is O=C(O)[C@@H]1CN(Cc2ccccc2Cn2cccn2)C[C@H]1c1cccc(F)c1. The molecule has 0 saturated carbocycles. The van der Waals surface area contributed by atoms with E-state index in [0.717, 1.165) is 16.7 Å². The summed E-state index contributed by atoms with van der Waals surface area (Å²) in [6, 6.07) is 16.3. The highest BCUT2D eigenvalue weighted by atomic mass is 19.1. The summed E-state index contributed by atoms with van der Waals surface area (Å²) >= 11 is 0. The number of hydrogen-bond donors (Lipinski definition) is 1. The van der Waals surface area contributed by atoms with Gasteiger partial charge in [0.15, 0.2) is 0 Å². The first-order valence-electron chi connectivity index (χ1n) is 9.35. The highest BCUT2D eigenvalue weighted by molar-refractivity contribution is 5.72. The van der Waals surface area contributed by atoms with Crippen molar-refractivity contribution in [1.29, 1.82) is 0 Å². The van der Waals surface area contributed by atoms with Crippen LogP contribution in [-0.2, 0) is 17.9 Å². The first-order valence-corrected chi connectivity index (χ1v) is 9.35. The lowest BCUT2D eigenvalue weighted by Crippen LogP contribution is -2.23. The summed E-state index contributed by atoms with van der Waals surface area (Å²) < 4.78 is 15.5. The minimum atomic E-state index is -0.832. The lowest BCUT2D eigenvalue weighted by molar-refractivity contribution is -0.141. The summed E-state index contributed by atoms with van der Waals surface area (Å²) in [4.78, 5) is 14.0. The summed E-state index contributed by atoms with van der Waals surface area (Å²) in [5.41, 5.74) is 3.06. The van der Waals surface area contributed by atoms with Gasteiger partial charge in [-0.15, -0.1) is 0 Å². The summed E-state index contributed by atoms with van der Waals surface area (Å²) in [5.74, 6) is -1.92. The van der Waals surface area contributed by atoms with Crippen LogP contribution in [0.2, 0.25) is 0 Å². The fraction of sp³-hybridized carbons (Fsp3) is 0.273. The second-order valence-electron chi connectivity index (χ2n) is 7.27. The average Bonchev–Trinajstić information content (AvgIpc) is 3.33. The molecule has 0 bridgehead atoms. The Kier molecular flexibility index (Phi) is 5.21. The lowest BCUT2D eigenvalue weighted by atomic mass is 9.89. The number of aliphatic carboxylic acids is 1. The maximum atomic E-state index is 13.7. The first kappa shape index (κ1) is 18.4. The number of carbonyl (C=O) groups is 1. The maximum absolute atomic E-state index is 13.7. The predicted molar refractivity (Wildman–Crippen MR) is 103 cm³/mol. The van der Waals surface area contributed by atoms with E-state index >= 15 is 0 Å². The van der Waals surface area contributed by atoms with Crippen molar-refractivity contribution < 1.29 is 14.3 Å². The minimum Gasteiger partial charge on any atom is -0.481 e. The Hall–Kier alpha value is -2.99. The van der Waals surface area contributed by atoms with Gasteiger partial charge in [0, 0.05) is 37.9 Å². The van der Waals surface area contributed by atoms with E-state index in [2.05, 4.69) is 22.1 Å². The van der Waals surface area contributed by atoms with Crippen LogP contribution >= 0.6 is 0 Å². The molecule has 1 fully saturated rings. The molecule has 1 aromatic heterocycles. The van der Waals surface area contributed by atoms with E-state index in [-0.39, 0.29) is 11.7 Å². The van der Waals surface area contributed by atoms with Crippen LogP contribution < -0.4 is 0 Å². The van der Waals surface area contributed by atoms with Gasteiger partial charge in [0.2, 0.25) is 0 Å². The molecule has 28 heavy (non-hydrogen) atoms. The van der Waals surface area contributed by atoms with Crippen LogP contribution in [0.5, 0.6) is 0 Å². The average molecular weight is 379 g/mol. The van der Waals surface area contributed by atoms with E-state index in [1.165, 1.54) is 12.1 Å². The van der Waals surface area contributed by atoms with Gasteiger partial charge in [-0.25, -0.2) is 4.39 Å². The molecule has 2 heterocycles. The lowest BCUT2D eigenvalue weighted by Gasteiger charge is -2.18. The quantitative estimate of drug-likeness (QED) is 0.713. The van der Waals surface area contributed by atoms with Gasteiger partial charge in [-0.1, -0.05) is 36.4 Å². The fourth-order valence-corrected chi connectivity index (χ4v) is 4.02. The molecule has 1 aliphatic rings. The van der Waals surface area contributed by atoms with Crippen LogP contribution in [0.1, 0.15) is 22.6 Å². The van der Waals surface area contributed by atoms with Crippen molar-refractivity contribution in [2.24, 2.45) is 5.92 Å². The van der Waals surface area contributed by atoms with E-state index in [1.54, 1.807) is 12.3 Å². The van der Waals surface area contributed by atoms with Crippen LogP contribution in [-0.4, -0.2) is 38.8 Å². The minimum absolute atomic E-state index is 0.216. The molecule has 3 aromatic rings. The maximum Gasteiger partial charge on any atom is 0.308 e. The Morgan fingerprint density at radius 1 is 1.07 bits per heavy atom. The third-order valence-electron chi connectivity index (χ3n) is 5.39. The van der Waals surface area contributed by atoms with Gasteiger partial charge in [-0.05, 0) is 34.9 Å². The number of carboxylic acids is 1. The zero-order valence-corrected chi connectivity index (χ0v) is 15.4. The van der Waals surface area contributed by atoms with E-state index in [1.807, 2.05) is 35.1 Å². The van der Waals surface area contributed by atoms with Crippen LogP contribution in [0.25, 0.3) is 0 Å². The zero-order chi connectivity index (χ0) is 19.5. The van der Waals surface area contributed by atoms with Crippen molar-refractivity contribution in [3.8, 4) is 0 Å². The number of carboxylic acid groups (broad SMARTS) is 1.